The summed E-state index contributed by atoms with van der Waals surface area (Å²) < 4.78 is 33.0. The van der Waals surface area contributed by atoms with Crippen LogP contribution in [-0.4, -0.2) is 67.0 Å². The highest BCUT2D eigenvalue weighted by atomic mass is 16.7. The molecule has 11 nitrogen and oxygen atoms in total. The van der Waals surface area contributed by atoms with Crippen molar-refractivity contribution in [1.29, 1.82) is 0 Å². The van der Waals surface area contributed by atoms with Crippen molar-refractivity contribution in [1.82, 2.24) is 0 Å². The highest BCUT2D eigenvalue weighted by Crippen LogP contribution is 2.31. The minimum atomic E-state index is -1.37. The molecule has 0 spiro atoms. The third-order valence-corrected chi connectivity index (χ3v) is 5.57. The van der Waals surface area contributed by atoms with E-state index in [1.807, 2.05) is 30.3 Å². The Morgan fingerprint density at radius 1 is 0.725 bits per heavy atom. The number of ether oxygens (including phenoxy) is 6. The fourth-order valence-electron chi connectivity index (χ4n) is 3.95. The molecule has 0 aliphatic carbocycles. The maximum Gasteiger partial charge on any atom is 0.303 e. The largest absolute Gasteiger partial charge is 0.463 e. The summed E-state index contributed by atoms with van der Waals surface area (Å²) in [6.45, 7) is 4.20. The van der Waals surface area contributed by atoms with E-state index >= 15 is 0 Å². The van der Waals surface area contributed by atoms with Crippen LogP contribution in [0.2, 0.25) is 0 Å². The summed E-state index contributed by atoms with van der Waals surface area (Å²) in [5, 5.41) is 0. The fourth-order valence-corrected chi connectivity index (χ4v) is 3.95. The Morgan fingerprint density at radius 3 is 1.88 bits per heavy atom. The number of ketones is 1. The van der Waals surface area contributed by atoms with Crippen LogP contribution < -0.4 is 4.74 Å². The summed E-state index contributed by atoms with van der Waals surface area (Å²) >= 11 is 0. The molecule has 0 aromatic heterocycles. The Kier molecular flexibility index (Phi) is 10.5. The third-order valence-electron chi connectivity index (χ3n) is 5.57. The minimum absolute atomic E-state index is 0.226. The quantitative estimate of drug-likeness (QED) is 0.185. The van der Waals surface area contributed by atoms with E-state index in [0.29, 0.717) is 5.56 Å². The van der Waals surface area contributed by atoms with Crippen molar-refractivity contribution < 1.29 is 52.4 Å². The second kappa shape index (κ2) is 14.0. The van der Waals surface area contributed by atoms with Crippen molar-refractivity contribution in [3.8, 4) is 5.75 Å². The van der Waals surface area contributed by atoms with Gasteiger partial charge in [-0.15, -0.1) is 0 Å². The molecule has 0 saturated carbocycles. The van der Waals surface area contributed by atoms with E-state index in [1.165, 1.54) is 37.3 Å². The molecule has 1 aliphatic heterocycles. The van der Waals surface area contributed by atoms with Crippen molar-refractivity contribution in [2.45, 2.75) is 58.4 Å². The summed E-state index contributed by atoms with van der Waals surface area (Å²) in [4.78, 5) is 59.8. The van der Waals surface area contributed by atoms with Gasteiger partial charge in [0.15, 0.2) is 18.0 Å². The summed E-state index contributed by atoms with van der Waals surface area (Å²) in [7, 11) is 0. The van der Waals surface area contributed by atoms with Gasteiger partial charge in [-0.05, 0) is 35.9 Å². The summed E-state index contributed by atoms with van der Waals surface area (Å²) in [5.74, 6) is -2.87. The Bertz CT molecular complexity index is 1240. The Hall–Kier alpha value is -4.51. The molecular formula is C29H30O11. The molecule has 0 radical (unpaired) electrons. The van der Waals surface area contributed by atoms with Gasteiger partial charge in [0.25, 0.3) is 0 Å². The molecule has 0 unspecified atom stereocenters. The molecular weight excluding hydrogens is 524 g/mol. The number of esters is 4. The van der Waals surface area contributed by atoms with Crippen LogP contribution >= 0.6 is 0 Å². The molecule has 2 aromatic rings. The molecule has 2 aromatic carbocycles. The van der Waals surface area contributed by atoms with Crippen molar-refractivity contribution in [3.05, 3.63) is 71.8 Å². The van der Waals surface area contributed by atoms with E-state index in [2.05, 4.69) is 0 Å². The first-order valence-corrected chi connectivity index (χ1v) is 12.4. The highest BCUT2D eigenvalue weighted by molar-refractivity contribution is 6.06. The molecule has 1 fully saturated rings. The molecule has 212 valence electrons. The SMILES string of the molecule is CC(=O)OC[C@@H]1O[C@@H](Oc2ccc(C(=O)/C=C/c3ccccc3)cc2)[C@@H](OC(C)=O)[C@@H](OC(C)=O)[C@H]1OC(C)=O. The predicted octanol–water partition coefficient (Wildman–Crippen LogP) is 3.04. The molecule has 11 heteroatoms. The van der Waals surface area contributed by atoms with Gasteiger partial charge in [0, 0.05) is 33.3 Å². The molecule has 40 heavy (non-hydrogen) atoms. The predicted molar refractivity (Wildman–Crippen MR) is 139 cm³/mol. The van der Waals surface area contributed by atoms with Gasteiger partial charge in [0.1, 0.15) is 18.5 Å². The first-order valence-electron chi connectivity index (χ1n) is 12.4. The molecule has 0 amide bonds. The third kappa shape index (κ3) is 8.77. The van der Waals surface area contributed by atoms with E-state index in [0.717, 1.165) is 26.3 Å². The van der Waals surface area contributed by atoms with Gasteiger partial charge in [0.05, 0.1) is 0 Å². The molecule has 5 atom stereocenters. The first kappa shape index (κ1) is 30.0. The maximum atomic E-state index is 12.6. The van der Waals surface area contributed by atoms with Gasteiger partial charge in [-0.3, -0.25) is 24.0 Å². The summed E-state index contributed by atoms with van der Waals surface area (Å²) in [6.07, 6.45) is -3.38. The summed E-state index contributed by atoms with van der Waals surface area (Å²) in [6, 6.07) is 15.5. The van der Waals surface area contributed by atoms with Crippen LogP contribution in [0, 0.1) is 0 Å². The highest BCUT2D eigenvalue weighted by Gasteiger charge is 2.53. The monoisotopic (exact) mass is 554 g/mol. The number of carbonyl (C=O) groups is 5. The van der Waals surface area contributed by atoms with Crippen LogP contribution in [-0.2, 0) is 42.9 Å². The maximum absolute atomic E-state index is 12.6. The number of rotatable bonds is 10. The van der Waals surface area contributed by atoms with Crippen LogP contribution in [0.3, 0.4) is 0 Å². The smallest absolute Gasteiger partial charge is 0.303 e. The van der Waals surface area contributed by atoms with E-state index in [-0.39, 0.29) is 18.1 Å². The lowest BCUT2D eigenvalue weighted by Crippen LogP contribution is -2.63. The standard InChI is InChI=1S/C29H30O11/c1-17(30)35-16-25-26(36-18(2)31)27(37-19(3)32)28(38-20(4)33)29(40-25)39-23-13-11-22(12-14-23)24(34)15-10-21-8-6-5-7-9-21/h5-15,25-29H,16H2,1-4H3/b15-10+/t25-,26-,27-,28-,29+/m0/s1. The van der Waals surface area contributed by atoms with Gasteiger partial charge >= 0.3 is 23.9 Å². The number of hydrogen-bond acceptors (Lipinski definition) is 11. The van der Waals surface area contributed by atoms with Crippen molar-refractivity contribution in [3.63, 3.8) is 0 Å². The van der Waals surface area contributed by atoms with E-state index in [4.69, 9.17) is 28.4 Å². The van der Waals surface area contributed by atoms with Crippen LogP contribution in [0.5, 0.6) is 5.75 Å². The topological polar surface area (TPSA) is 141 Å². The second-order valence-corrected chi connectivity index (χ2v) is 8.82. The normalized spacial score (nSPS) is 22.1. The lowest BCUT2D eigenvalue weighted by Gasteiger charge is -2.43. The summed E-state index contributed by atoms with van der Waals surface area (Å²) in [5.41, 5.74) is 1.26. The molecule has 0 N–H and O–H groups in total. The Morgan fingerprint density at radius 2 is 1.30 bits per heavy atom. The van der Waals surface area contributed by atoms with Crippen molar-refractivity contribution >= 4 is 35.7 Å². The van der Waals surface area contributed by atoms with Gasteiger partial charge in [-0.1, -0.05) is 36.4 Å². The minimum Gasteiger partial charge on any atom is -0.463 e. The molecule has 1 heterocycles. The number of allylic oxidation sites excluding steroid dienone is 1. The zero-order valence-electron chi connectivity index (χ0n) is 22.4. The van der Waals surface area contributed by atoms with E-state index in [1.54, 1.807) is 6.08 Å². The molecule has 3 rings (SSSR count). The molecule has 1 saturated heterocycles. The van der Waals surface area contributed by atoms with Gasteiger partial charge in [-0.25, -0.2) is 0 Å². The fraction of sp³-hybridized carbons (Fsp3) is 0.345. The van der Waals surface area contributed by atoms with Gasteiger partial charge in [-0.2, -0.15) is 0 Å². The number of hydrogen-bond donors (Lipinski definition) is 0. The Labute approximate surface area is 230 Å². The number of carbonyl (C=O) groups excluding carboxylic acids is 5. The van der Waals surface area contributed by atoms with E-state index in [9.17, 15) is 24.0 Å². The first-order chi connectivity index (χ1) is 19.0. The average Bonchev–Trinajstić information content (AvgIpc) is 2.89. The lowest BCUT2D eigenvalue weighted by molar-refractivity contribution is -0.288. The van der Waals surface area contributed by atoms with Crippen LogP contribution in [0.15, 0.2) is 60.7 Å². The van der Waals surface area contributed by atoms with Crippen molar-refractivity contribution in [2.75, 3.05) is 6.61 Å². The zero-order chi connectivity index (χ0) is 29.2. The van der Waals surface area contributed by atoms with Crippen LogP contribution in [0.25, 0.3) is 6.08 Å². The Balaban J connectivity index is 1.86. The number of benzene rings is 2. The zero-order valence-corrected chi connectivity index (χ0v) is 22.4. The van der Waals surface area contributed by atoms with Crippen LogP contribution in [0.4, 0.5) is 0 Å². The molecule has 0 bridgehead atoms. The second-order valence-electron chi connectivity index (χ2n) is 8.82. The van der Waals surface area contributed by atoms with Crippen LogP contribution in [0.1, 0.15) is 43.6 Å². The average molecular weight is 555 g/mol. The lowest BCUT2D eigenvalue weighted by atomic mass is 9.98. The van der Waals surface area contributed by atoms with Gasteiger partial charge in [0.2, 0.25) is 12.4 Å². The van der Waals surface area contributed by atoms with E-state index < -0.39 is 54.6 Å². The molecule has 1 aliphatic rings. The van der Waals surface area contributed by atoms with Crippen molar-refractivity contribution in [2.24, 2.45) is 0 Å². The van der Waals surface area contributed by atoms with Gasteiger partial charge < -0.3 is 28.4 Å².